The zero-order valence-electron chi connectivity index (χ0n) is 12.8. The number of ether oxygens (including phenoxy) is 1. The highest BCUT2D eigenvalue weighted by atomic mass is 16.5. The zero-order valence-corrected chi connectivity index (χ0v) is 12.8. The lowest BCUT2D eigenvalue weighted by atomic mass is 9.74. The van der Waals surface area contributed by atoms with Gasteiger partial charge in [0.1, 0.15) is 0 Å². The fraction of sp³-hybridized carbons (Fsp3) is 0.938. The van der Waals surface area contributed by atoms with Crippen LogP contribution in [0, 0.1) is 11.8 Å². The highest BCUT2D eigenvalue weighted by Gasteiger charge is 2.40. The lowest BCUT2D eigenvalue weighted by Crippen LogP contribution is -2.56. The molecule has 2 unspecified atom stereocenters. The van der Waals surface area contributed by atoms with Gasteiger partial charge in [-0.15, -0.1) is 0 Å². The van der Waals surface area contributed by atoms with Gasteiger partial charge in [-0.3, -0.25) is 9.69 Å². The van der Waals surface area contributed by atoms with Crippen molar-refractivity contribution in [2.75, 3.05) is 26.3 Å². The molecule has 2 rings (SSSR count). The standard InChI is InChI=1S/C16H29NO2/c1-4-13-6-5-7-14(12-13)15(18)16(2,3)17-8-10-19-11-9-17/h13-14H,4-12H2,1-3H3. The van der Waals surface area contributed by atoms with Crippen LogP contribution in [-0.2, 0) is 9.53 Å². The van der Waals surface area contributed by atoms with Crippen LogP contribution in [0.2, 0.25) is 0 Å². The highest BCUT2D eigenvalue weighted by Crippen LogP contribution is 2.35. The van der Waals surface area contributed by atoms with Crippen LogP contribution in [0.1, 0.15) is 52.9 Å². The quantitative estimate of drug-likeness (QED) is 0.784. The maximum Gasteiger partial charge on any atom is 0.155 e. The molecule has 1 saturated carbocycles. The molecule has 0 amide bonds. The first-order valence-electron chi connectivity index (χ1n) is 7.92. The molecule has 1 aliphatic carbocycles. The fourth-order valence-electron chi connectivity index (χ4n) is 3.68. The molecule has 0 aromatic rings. The van der Waals surface area contributed by atoms with Crippen LogP contribution in [0.4, 0.5) is 0 Å². The molecule has 0 bridgehead atoms. The summed E-state index contributed by atoms with van der Waals surface area (Å²) in [6.45, 7) is 9.78. The van der Waals surface area contributed by atoms with Gasteiger partial charge in [-0.2, -0.15) is 0 Å². The third-order valence-corrected chi connectivity index (χ3v) is 5.14. The van der Waals surface area contributed by atoms with E-state index in [-0.39, 0.29) is 11.5 Å². The molecule has 0 radical (unpaired) electrons. The number of ketones is 1. The Morgan fingerprint density at radius 1 is 1.26 bits per heavy atom. The number of hydrogen-bond acceptors (Lipinski definition) is 3. The summed E-state index contributed by atoms with van der Waals surface area (Å²) < 4.78 is 5.40. The molecule has 2 fully saturated rings. The Balaban J connectivity index is 2.00. The van der Waals surface area contributed by atoms with Gasteiger partial charge in [0.2, 0.25) is 0 Å². The van der Waals surface area contributed by atoms with Gasteiger partial charge in [0.15, 0.2) is 5.78 Å². The normalized spacial score (nSPS) is 30.3. The molecule has 2 aliphatic rings. The maximum absolute atomic E-state index is 12.9. The first-order chi connectivity index (χ1) is 9.05. The molecule has 1 aliphatic heterocycles. The van der Waals surface area contributed by atoms with E-state index in [2.05, 4.69) is 25.7 Å². The molecule has 0 spiro atoms. The lowest BCUT2D eigenvalue weighted by molar-refractivity contribution is -0.138. The topological polar surface area (TPSA) is 29.5 Å². The number of carbonyl (C=O) groups excluding carboxylic acids is 1. The minimum atomic E-state index is -0.315. The predicted molar refractivity (Wildman–Crippen MR) is 77.2 cm³/mol. The second kappa shape index (κ2) is 6.36. The lowest BCUT2D eigenvalue weighted by Gasteiger charge is -2.42. The van der Waals surface area contributed by atoms with Gasteiger partial charge in [0, 0.05) is 19.0 Å². The summed E-state index contributed by atoms with van der Waals surface area (Å²) in [5, 5.41) is 0. The third kappa shape index (κ3) is 3.38. The van der Waals surface area contributed by atoms with Crippen LogP contribution in [0.3, 0.4) is 0 Å². The van der Waals surface area contributed by atoms with E-state index < -0.39 is 0 Å². The Kier molecular flexibility index (Phi) is 5.02. The van der Waals surface area contributed by atoms with Gasteiger partial charge in [-0.1, -0.05) is 26.2 Å². The molecular formula is C16H29NO2. The van der Waals surface area contributed by atoms with Crippen molar-refractivity contribution >= 4 is 5.78 Å². The van der Waals surface area contributed by atoms with E-state index in [1.807, 2.05) is 0 Å². The minimum absolute atomic E-state index is 0.288. The summed E-state index contributed by atoms with van der Waals surface area (Å²) in [6.07, 6.45) is 5.99. The van der Waals surface area contributed by atoms with E-state index >= 15 is 0 Å². The first-order valence-corrected chi connectivity index (χ1v) is 7.92. The van der Waals surface area contributed by atoms with Crippen molar-refractivity contribution in [2.24, 2.45) is 11.8 Å². The fourth-order valence-corrected chi connectivity index (χ4v) is 3.68. The Morgan fingerprint density at radius 3 is 2.58 bits per heavy atom. The number of carbonyl (C=O) groups is 1. The summed E-state index contributed by atoms with van der Waals surface area (Å²) >= 11 is 0. The molecule has 19 heavy (non-hydrogen) atoms. The average molecular weight is 267 g/mol. The predicted octanol–water partition coefficient (Wildman–Crippen LogP) is 2.88. The van der Waals surface area contributed by atoms with Crippen LogP contribution >= 0.6 is 0 Å². The van der Waals surface area contributed by atoms with Crippen LogP contribution in [0.5, 0.6) is 0 Å². The van der Waals surface area contributed by atoms with Gasteiger partial charge < -0.3 is 4.74 Å². The molecule has 3 heteroatoms. The molecule has 2 atom stereocenters. The smallest absolute Gasteiger partial charge is 0.155 e. The molecule has 0 aromatic heterocycles. The van der Waals surface area contributed by atoms with Crippen molar-refractivity contribution in [1.82, 2.24) is 4.90 Å². The second-order valence-electron chi connectivity index (χ2n) is 6.66. The van der Waals surface area contributed by atoms with E-state index in [1.165, 1.54) is 19.3 Å². The first kappa shape index (κ1) is 15.0. The van der Waals surface area contributed by atoms with E-state index in [0.717, 1.165) is 45.1 Å². The van der Waals surface area contributed by atoms with E-state index in [9.17, 15) is 4.79 Å². The van der Waals surface area contributed by atoms with Gasteiger partial charge >= 0.3 is 0 Å². The molecule has 0 N–H and O–H groups in total. The molecule has 3 nitrogen and oxygen atoms in total. The molecule has 0 aromatic carbocycles. The van der Waals surface area contributed by atoms with Crippen molar-refractivity contribution in [2.45, 2.75) is 58.4 Å². The van der Waals surface area contributed by atoms with Crippen molar-refractivity contribution in [3.05, 3.63) is 0 Å². The van der Waals surface area contributed by atoms with E-state index in [4.69, 9.17) is 4.74 Å². The van der Waals surface area contributed by atoms with Crippen molar-refractivity contribution in [3.8, 4) is 0 Å². The summed E-state index contributed by atoms with van der Waals surface area (Å²) in [7, 11) is 0. The van der Waals surface area contributed by atoms with Crippen LogP contribution < -0.4 is 0 Å². The second-order valence-corrected chi connectivity index (χ2v) is 6.66. The highest BCUT2D eigenvalue weighted by molar-refractivity contribution is 5.89. The minimum Gasteiger partial charge on any atom is -0.379 e. The van der Waals surface area contributed by atoms with E-state index in [1.54, 1.807) is 0 Å². The van der Waals surface area contributed by atoms with Crippen molar-refractivity contribution in [3.63, 3.8) is 0 Å². The Morgan fingerprint density at radius 2 is 1.95 bits per heavy atom. The number of morpholine rings is 1. The summed E-state index contributed by atoms with van der Waals surface area (Å²) in [5.41, 5.74) is -0.315. The Labute approximate surface area is 117 Å². The van der Waals surface area contributed by atoms with Crippen molar-refractivity contribution in [1.29, 1.82) is 0 Å². The van der Waals surface area contributed by atoms with Crippen molar-refractivity contribution < 1.29 is 9.53 Å². The monoisotopic (exact) mass is 267 g/mol. The van der Waals surface area contributed by atoms with Crippen LogP contribution in [0.25, 0.3) is 0 Å². The number of rotatable bonds is 4. The Bertz CT molecular complexity index is 308. The summed E-state index contributed by atoms with van der Waals surface area (Å²) in [6, 6.07) is 0. The van der Waals surface area contributed by atoms with Gasteiger partial charge in [-0.05, 0) is 32.6 Å². The van der Waals surface area contributed by atoms with Gasteiger partial charge in [-0.25, -0.2) is 0 Å². The van der Waals surface area contributed by atoms with Gasteiger partial charge in [0.05, 0.1) is 18.8 Å². The maximum atomic E-state index is 12.9. The summed E-state index contributed by atoms with van der Waals surface area (Å²) in [4.78, 5) is 15.2. The Hall–Kier alpha value is -0.410. The third-order valence-electron chi connectivity index (χ3n) is 5.14. The van der Waals surface area contributed by atoms with E-state index in [0.29, 0.717) is 5.78 Å². The van der Waals surface area contributed by atoms with Crippen LogP contribution in [0.15, 0.2) is 0 Å². The molecule has 1 heterocycles. The van der Waals surface area contributed by atoms with Crippen LogP contribution in [-0.4, -0.2) is 42.5 Å². The molecule has 110 valence electrons. The molecule has 1 saturated heterocycles. The average Bonchev–Trinajstić information content (AvgIpc) is 2.47. The largest absolute Gasteiger partial charge is 0.379 e. The number of Topliss-reactive ketones (excluding diaryl/α,β-unsaturated/α-hetero) is 1. The van der Waals surface area contributed by atoms with Gasteiger partial charge in [0.25, 0.3) is 0 Å². The molecular weight excluding hydrogens is 238 g/mol. The zero-order chi connectivity index (χ0) is 13.9. The summed E-state index contributed by atoms with van der Waals surface area (Å²) in [5.74, 6) is 1.52. The number of hydrogen-bond donors (Lipinski definition) is 0. The number of nitrogens with zero attached hydrogens (tertiary/aromatic N) is 1. The SMILES string of the molecule is CCC1CCCC(C(=O)C(C)(C)N2CCOCC2)C1.